The highest BCUT2D eigenvalue weighted by atomic mass is 35.5. The van der Waals surface area contributed by atoms with Crippen LogP contribution in [0.5, 0.6) is 5.75 Å². The number of rotatable bonds is 6. The Morgan fingerprint density at radius 3 is 2.84 bits per heavy atom. The van der Waals surface area contributed by atoms with Crippen molar-refractivity contribution in [3.8, 4) is 5.75 Å². The van der Waals surface area contributed by atoms with Crippen molar-refractivity contribution in [1.82, 2.24) is 14.9 Å². The summed E-state index contributed by atoms with van der Waals surface area (Å²) in [5.41, 5.74) is 0.906. The maximum absolute atomic E-state index is 14.3. The monoisotopic (exact) mass is 444 g/mol. The van der Waals surface area contributed by atoms with E-state index in [1.807, 2.05) is 4.90 Å². The topological polar surface area (TPSA) is 76.6 Å². The number of amides is 1. The molecule has 1 aliphatic heterocycles. The Morgan fingerprint density at radius 1 is 1.26 bits per heavy atom. The van der Waals surface area contributed by atoms with E-state index in [0.29, 0.717) is 35.6 Å². The molecule has 0 atom stereocenters. The van der Waals surface area contributed by atoms with Crippen LogP contribution in [0.2, 0.25) is 5.02 Å². The first-order chi connectivity index (χ1) is 15.0. The van der Waals surface area contributed by atoms with Crippen LogP contribution in [-0.2, 0) is 9.53 Å². The number of nitrogens with one attached hydrogen (secondary N) is 1. The van der Waals surface area contributed by atoms with E-state index in [0.717, 1.165) is 12.8 Å². The van der Waals surface area contributed by atoms with E-state index in [-0.39, 0.29) is 29.5 Å². The number of hydrogen-bond acceptors (Lipinski definition) is 6. The third-order valence-electron chi connectivity index (χ3n) is 5.23. The van der Waals surface area contributed by atoms with Crippen molar-refractivity contribution >= 4 is 39.9 Å². The molecule has 1 aromatic heterocycles. The lowest BCUT2D eigenvalue weighted by Crippen LogP contribution is -2.40. The largest absolute Gasteiger partial charge is 0.468 e. The molecule has 0 bridgehead atoms. The number of halogens is 2. The number of hydrogen-bond donors (Lipinski definition) is 1. The highest BCUT2D eigenvalue weighted by Crippen LogP contribution is 2.29. The molecule has 1 aliphatic rings. The predicted octanol–water partition coefficient (Wildman–Crippen LogP) is 4.53. The number of likely N-dealkylation sites (tertiary alicyclic amines) is 1. The van der Waals surface area contributed by atoms with Gasteiger partial charge in [0.1, 0.15) is 17.9 Å². The van der Waals surface area contributed by atoms with Gasteiger partial charge in [0.15, 0.2) is 12.6 Å². The number of piperidine rings is 1. The summed E-state index contributed by atoms with van der Waals surface area (Å²) in [6.45, 7) is 3.07. The molecule has 2 heterocycles. The van der Waals surface area contributed by atoms with Gasteiger partial charge in [-0.3, -0.25) is 4.79 Å². The second-order valence-electron chi connectivity index (χ2n) is 7.26. The van der Waals surface area contributed by atoms with E-state index in [1.165, 1.54) is 12.4 Å². The SMILES string of the molecule is CC(=O)N1CCC(OCOc2ccc3ncnc(Nc4cccc(Cl)c4F)c3c2)CC1. The van der Waals surface area contributed by atoms with Gasteiger partial charge in [0.2, 0.25) is 5.91 Å². The molecule has 1 fully saturated rings. The fourth-order valence-corrected chi connectivity index (χ4v) is 3.66. The Hall–Kier alpha value is -2.97. The molecular weight excluding hydrogens is 423 g/mol. The summed E-state index contributed by atoms with van der Waals surface area (Å²) in [5, 5.41) is 3.68. The van der Waals surface area contributed by atoms with Crippen LogP contribution in [0.15, 0.2) is 42.7 Å². The molecule has 3 aromatic rings. The zero-order valence-corrected chi connectivity index (χ0v) is 17.7. The fourth-order valence-electron chi connectivity index (χ4n) is 3.49. The van der Waals surface area contributed by atoms with Crippen molar-refractivity contribution in [2.75, 3.05) is 25.2 Å². The Bertz CT molecular complexity index is 1090. The number of carbonyl (C=O) groups excluding carboxylic acids is 1. The van der Waals surface area contributed by atoms with Crippen LogP contribution >= 0.6 is 11.6 Å². The Morgan fingerprint density at radius 2 is 2.06 bits per heavy atom. The van der Waals surface area contributed by atoms with Gasteiger partial charge >= 0.3 is 0 Å². The minimum absolute atomic E-state index is 0.0265. The van der Waals surface area contributed by atoms with Crippen LogP contribution in [0.25, 0.3) is 10.9 Å². The lowest BCUT2D eigenvalue weighted by atomic mass is 10.1. The number of carbonyl (C=O) groups is 1. The van der Waals surface area contributed by atoms with Crippen molar-refractivity contribution in [1.29, 1.82) is 0 Å². The first-order valence-electron chi connectivity index (χ1n) is 9.97. The van der Waals surface area contributed by atoms with Gasteiger partial charge in [-0.1, -0.05) is 17.7 Å². The van der Waals surface area contributed by atoms with Crippen LogP contribution in [0, 0.1) is 5.82 Å². The second kappa shape index (κ2) is 9.45. The van der Waals surface area contributed by atoms with Gasteiger partial charge in [0.05, 0.1) is 22.3 Å². The maximum Gasteiger partial charge on any atom is 0.219 e. The third kappa shape index (κ3) is 5.03. The van der Waals surface area contributed by atoms with E-state index in [2.05, 4.69) is 15.3 Å². The van der Waals surface area contributed by atoms with Gasteiger partial charge < -0.3 is 19.7 Å². The molecule has 2 aromatic carbocycles. The molecule has 31 heavy (non-hydrogen) atoms. The Balaban J connectivity index is 1.42. The van der Waals surface area contributed by atoms with Gasteiger partial charge in [0.25, 0.3) is 0 Å². The number of anilines is 2. The number of fused-ring (bicyclic) bond motifs is 1. The van der Waals surface area contributed by atoms with E-state index in [4.69, 9.17) is 21.1 Å². The van der Waals surface area contributed by atoms with Crippen LogP contribution in [0.3, 0.4) is 0 Å². The number of nitrogens with zero attached hydrogens (tertiary/aromatic N) is 3. The van der Waals surface area contributed by atoms with Crippen molar-refractivity contribution in [2.24, 2.45) is 0 Å². The van der Waals surface area contributed by atoms with Gasteiger partial charge in [-0.15, -0.1) is 0 Å². The summed E-state index contributed by atoms with van der Waals surface area (Å²) in [6.07, 6.45) is 3.04. The van der Waals surface area contributed by atoms with E-state index in [1.54, 1.807) is 37.3 Å². The quantitative estimate of drug-likeness (QED) is 0.563. The Labute approximate surface area is 184 Å². The van der Waals surface area contributed by atoms with Crippen molar-refractivity contribution < 1.29 is 18.7 Å². The van der Waals surface area contributed by atoms with Gasteiger partial charge in [-0.05, 0) is 43.2 Å². The Kier molecular flexibility index (Phi) is 6.48. The summed E-state index contributed by atoms with van der Waals surface area (Å²) >= 11 is 5.87. The number of ether oxygens (including phenoxy) is 2. The maximum atomic E-state index is 14.3. The fraction of sp³-hybridized carbons (Fsp3) is 0.318. The van der Waals surface area contributed by atoms with Gasteiger partial charge in [-0.25, -0.2) is 14.4 Å². The van der Waals surface area contributed by atoms with Crippen molar-refractivity contribution in [2.45, 2.75) is 25.9 Å². The smallest absolute Gasteiger partial charge is 0.219 e. The molecule has 9 heteroatoms. The van der Waals surface area contributed by atoms with Crippen molar-refractivity contribution in [3.05, 3.63) is 53.6 Å². The van der Waals surface area contributed by atoms with Crippen molar-refractivity contribution in [3.63, 3.8) is 0 Å². The van der Waals surface area contributed by atoms with Crippen LogP contribution in [0.1, 0.15) is 19.8 Å². The van der Waals surface area contributed by atoms with Crippen LogP contribution in [-0.4, -0.2) is 46.8 Å². The van der Waals surface area contributed by atoms with E-state index in [9.17, 15) is 9.18 Å². The van der Waals surface area contributed by atoms with Gasteiger partial charge in [0, 0.05) is 25.4 Å². The highest BCUT2D eigenvalue weighted by molar-refractivity contribution is 6.31. The third-order valence-corrected chi connectivity index (χ3v) is 5.52. The molecular formula is C22H22ClFN4O3. The summed E-state index contributed by atoms with van der Waals surface area (Å²) in [7, 11) is 0. The lowest BCUT2D eigenvalue weighted by Gasteiger charge is -2.31. The summed E-state index contributed by atoms with van der Waals surface area (Å²) in [4.78, 5) is 21.7. The number of benzene rings is 2. The average molecular weight is 445 g/mol. The molecule has 0 saturated carbocycles. The molecule has 4 rings (SSSR count). The minimum Gasteiger partial charge on any atom is -0.468 e. The van der Waals surface area contributed by atoms with E-state index < -0.39 is 5.82 Å². The lowest BCUT2D eigenvalue weighted by molar-refractivity contribution is -0.132. The second-order valence-corrected chi connectivity index (χ2v) is 7.67. The predicted molar refractivity (Wildman–Crippen MR) is 116 cm³/mol. The molecule has 7 nitrogen and oxygen atoms in total. The zero-order chi connectivity index (χ0) is 21.8. The zero-order valence-electron chi connectivity index (χ0n) is 17.0. The molecule has 0 spiro atoms. The molecule has 1 N–H and O–H groups in total. The standard InChI is InChI=1S/C22H22ClFN4O3/c1-14(29)28-9-7-15(8-10-28)30-13-31-16-5-6-19-17(11-16)22(26-12-25-19)27-20-4-2-3-18(23)21(20)24/h2-6,11-12,15H,7-10,13H2,1H3,(H,25,26,27). The van der Waals surface area contributed by atoms with Gasteiger partial charge in [-0.2, -0.15) is 0 Å². The minimum atomic E-state index is -0.549. The molecule has 1 amide bonds. The molecule has 162 valence electrons. The first-order valence-corrected chi connectivity index (χ1v) is 10.3. The van der Waals surface area contributed by atoms with Crippen LogP contribution < -0.4 is 10.1 Å². The van der Waals surface area contributed by atoms with Crippen LogP contribution in [0.4, 0.5) is 15.9 Å². The first kappa shape index (κ1) is 21.3. The summed E-state index contributed by atoms with van der Waals surface area (Å²) in [6, 6.07) is 10.1. The normalized spacial score (nSPS) is 14.6. The average Bonchev–Trinajstić information content (AvgIpc) is 2.77. The number of aromatic nitrogens is 2. The molecule has 0 aliphatic carbocycles. The molecule has 0 unspecified atom stereocenters. The summed E-state index contributed by atoms with van der Waals surface area (Å²) in [5.74, 6) is 0.565. The highest BCUT2D eigenvalue weighted by Gasteiger charge is 2.21. The molecule has 0 radical (unpaired) electrons. The van der Waals surface area contributed by atoms with E-state index >= 15 is 0 Å². The molecule has 1 saturated heterocycles. The summed E-state index contributed by atoms with van der Waals surface area (Å²) < 4.78 is 25.8.